The zero-order valence-corrected chi connectivity index (χ0v) is 16.9. The van der Waals surface area contributed by atoms with Gasteiger partial charge in [0, 0.05) is 17.7 Å². The van der Waals surface area contributed by atoms with Gasteiger partial charge in [-0.25, -0.2) is 4.79 Å². The molecule has 0 aliphatic rings. The molecule has 0 aliphatic heterocycles. The van der Waals surface area contributed by atoms with E-state index in [-0.39, 0.29) is 39.4 Å². The molecule has 4 aromatic rings. The van der Waals surface area contributed by atoms with Crippen molar-refractivity contribution in [2.45, 2.75) is 0 Å². The Morgan fingerprint density at radius 2 is 1.48 bits per heavy atom. The summed E-state index contributed by atoms with van der Waals surface area (Å²) in [7, 11) is 0. The Balaban J connectivity index is 0.000000235. The van der Waals surface area contributed by atoms with Gasteiger partial charge >= 0.3 is 5.97 Å². The highest BCUT2D eigenvalue weighted by Crippen LogP contribution is 2.37. The molecule has 9 nitrogen and oxygen atoms in total. The Labute approximate surface area is 186 Å². The van der Waals surface area contributed by atoms with E-state index in [2.05, 4.69) is 6.58 Å². The lowest BCUT2D eigenvalue weighted by Crippen LogP contribution is -2.02. The number of phenolic OH excluding ortho intramolecular Hbond substituents is 4. The summed E-state index contributed by atoms with van der Waals surface area (Å²) in [6.07, 6.45) is 0. The van der Waals surface area contributed by atoms with Crippen molar-refractivity contribution in [3.05, 3.63) is 83.0 Å². The first-order valence-corrected chi connectivity index (χ1v) is 9.32. The van der Waals surface area contributed by atoms with Crippen LogP contribution in [-0.2, 0) is 4.79 Å². The summed E-state index contributed by atoms with van der Waals surface area (Å²) in [6.45, 7) is 3.42. The summed E-state index contributed by atoms with van der Waals surface area (Å²) in [5.74, 6) is -3.69. The second-order valence-corrected chi connectivity index (χ2v) is 6.80. The van der Waals surface area contributed by atoms with E-state index in [4.69, 9.17) is 9.52 Å². The molecule has 3 aromatic carbocycles. The fraction of sp³-hybridized carbons (Fsp3) is 0. The van der Waals surface area contributed by atoms with Crippen molar-refractivity contribution < 1.29 is 39.9 Å². The summed E-state index contributed by atoms with van der Waals surface area (Å²) < 4.78 is 5.35. The number of rotatable bonds is 3. The molecule has 0 saturated heterocycles. The Hall–Kier alpha value is -4.92. The molecule has 4 rings (SSSR count). The minimum Gasteiger partial charge on any atom is -0.508 e. The van der Waals surface area contributed by atoms with Crippen LogP contribution in [0.3, 0.4) is 0 Å². The summed E-state index contributed by atoms with van der Waals surface area (Å²) in [5, 5.41) is 56.2. The van der Waals surface area contributed by atoms with E-state index in [0.717, 1.165) is 24.3 Å². The third kappa shape index (κ3) is 4.72. The molecular weight excluding hydrogens is 432 g/mol. The second-order valence-electron chi connectivity index (χ2n) is 6.80. The van der Waals surface area contributed by atoms with Crippen molar-refractivity contribution in [2.75, 3.05) is 0 Å². The van der Waals surface area contributed by atoms with E-state index < -0.39 is 28.6 Å². The third-order valence-electron chi connectivity index (χ3n) is 4.55. The number of phenols is 4. The molecule has 168 valence electrons. The first-order valence-electron chi connectivity index (χ1n) is 9.32. The smallest absolute Gasteiger partial charge is 0.335 e. The largest absolute Gasteiger partial charge is 0.508 e. The molecule has 0 bridgehead atoms. The maximum Gasteiger partial charge on any atom is 0.335 e. The quantitative estimate of drug-likeness (QED) is 0.201. The van der Waals surface area contributed by atoms with E-state index >= 15 is 0 Å². The van der Waals surface area contributed by atoms with Crippen LogP contribution in [0.25, 0.3) is 27.9 Å². The highest BCUT2D eigenvalue weighted by atomic mass is 16.4. The average molecular weight is 450 g/mol. The molecule has 0 atom stereocenters. The van der Waals surface area contributed by atoms with Gasteiger partial charge in [-0.05, 0) is 23.8 Å². The Morgan fingerprint density at radius 1 is 0.818 bits per heavy atom. The number of carboxylic acids is 1. The summed E-state index contributed by atoms with van der Waals surface area (Å²) in [6, 6.07) is 14.5. The van der Waals surface area contributed by atoms with Crippen molar-refractivity contribution in [3.63, 3.8) is 0 Å². The Bertz CT molecular complexity index is 1420. The molecule has 0 radical (unpaired) electrons. The molecule has 33 heavy (non-hydrogen) atoms. The van der Waals surface area contributed by atoms with Crippen LogP contribution in [-0.4, -0.2) is 36.6 Å². The zero-order valence-electron chi connectivity index (χ0n) is 16.9. The highest BCUT2D eigenvalue weighted by molar-refractivity contribution is 6.14. The number of carbonyl (C=O) groups is 1. The predicted octanol–water partition coefficient (Wildman–Crippen LogP) is 3.77. The topological polar surface area (TPSA) is 169 Å². The minimum atomic E-state index is -0.976. The fourth-order valence-corrected chi connectivity index (χ4v) is 2.90. The molecule has 0 fully saturated rings. The van der Waals surface area contributed by atoms with Gasteiger partial charge in [0.25, 0.3) is 0 Å². The van der Waals surface area contributed by atoms with Crippen LogP contribution in [0.5, 0.6) is 28.7 Å². The SMILES string of the molecule is C=C(C(=O)O)c1ccccc1.O=c1c(O)c(-c2ccc(O)c(O)c2)oc2cc(O)cc(O)c12. The zero-order chi connectivity index (χ0) is 24.3. The van der Waals surface area contributed by atoms with Crippen molar-refractivity contribution in [1.82, 2.24) is 0 Å². The van der Waals surface area contributed by atoms with Gasteiger partial charge < -0.3 is 35.1 Å². The van der Waals surface area contributed by atoms with E-state index in [9.17, 15) is 35.1 Å². The first-order chi connectivity index (χ1) is 15.6. The molecule has 0 saturated carbocycles. The van der Waals surface area contributed by atoms with Gasteiger partial charge in [0.1, 0.15) is 22.5 Å². The highest BCUT2D eigenvalue weighted by Gasteiger charge is 2.19. The summed E-state index contributed by atoms with van der Waals surface area (Å²) >= 11 is 0. The monoisotopic (exact) mass is 450 g/mol. The van der Waals surface area contributed by atoms with Gasteiger partial charge in [-0.15, -0.1) is 0 Å². The maximum atomic E-state index is 12.1. The van der Waals surface area contributed by atoms with Gasteiger partial charge in [-0.2, -0.15) is 0 Å². The fourth-order valence-electron chi connectivity index (χ4n) is 2.90. The number of hydrogen-bond acceptors (Lipinski definition) is 8. The molecule has 9 heteroatoms. The molecule has 1 heterocycles. The van der Waals surface area contributed by atoms with Crippen LogP contribution in [0.1, 0.15) is 5.56 Å². The first kappa shape index (κ1) is 22.8. The molecule has 6 N–H and O–H groups in total. The normalized spacial score (nSPS) is 10.3. The number of aliphatic carboxylic acids is 1. The number of aromatic hydroxyl groups is 5. The van der Waals surface area contributed by atoms with Gasteiger partial charge in [0.05, 0.1) is 5.57 Å². The van der Waals surface area contributed by atoms with Gasteiger partial charge in [-0.1, -0.05) is 36.9 Å². The third-order valence-corrected chi connectivity index (χ3v) is 4.55. The molecule has 0 spiro atoms. The number of hydrogen-bond donors (Lipinski definition) is 6. The maximum absolute atomic E-state index is 12.1. The average Bonchev–Trinajstić information content (AvgIpc) is 2.78. The van der Waals surface area contributed by atoms with Crippen LogP contribution in [0.15, 0.2) is 76.5 Å². The lowest BCUT2D eigenvalue weighted by Gasteiger charge is -2.08. The van der Waals surface area contributed by atoms with Crippen molar-refractivity contribution in [1.29, 1.82) is 0 Å². The van der Waals surface area contributed by atoms with Crippen LogP contribution >= 0.6 is 0 Å². The van der Waals surface area contributed by atoms with Crippen LogP contribution in [0.2, 0.25) is 0 Å². The van der Waals surface area contributed by atoms with E-state index in [1.54, 1.807) is 24.3 Å². The lowest BCUT2D eigenvalue weighted by molar-refractivity contribution is -0.130. The van der Waals surface area contributed by atoms with E-state index in [1.165, 1.54) is 6.07 Å². The second kappa shape index (κ2) is 9.06. The van der Waals surface area contributed by atoms with Gasteiger partial charge in [-0.3, -0.25) is 4.79 Å². The summed E-state index contributed by atoms with van der Waals surface area (Å²) in [4.78, 5) is 22.5. The molecule has 0 unspecified atom stereocenters. The molecule has 0 aliphatic carbocycles. The van der Waals surface area contributed by atoms with Gasteiger partial charge in [0.15, 0.2) is 17.3 Å². The standard InChI is InChI=1S/C15H10O7.C9H8O2/c16-7-4-10(19)12-11(5-7)22-15(14(21)13(12)20)6-1-2-8(17)9(18)3-6;1-7(9(10)11)8-5-3-2-4-6-8/h1-5,16-19,21H;2-6H,1H2,(H,10,11). The number of fused-ring (bicyclic) bond motifs is 1. The van der Waals surface area contributed by atoms with Crippen LogP contribution in [0, 0.1) is 0 Å². The van der Waals surface area contributed by atoms with Crippen LogP contribution in [0.4, 0.5) is 0 Å². The van der Waals surface area contributed by atoms with Crippen LogP contribution < -0.4 is 5.43 Å². The molecular formula is C24H18O9. The molecule has 1 aromatic heterocycles. The number of carboxylic acid groups (broad SMARTS) is 1. The Morgan fingerprint density at radius 3 is 2.09 bits per heavy atom. The lowest BCUT2D eigenvalue weighted by atomic mass is 10.1. The van der Waals surface area contributed by atoms with Crippen molar-refractivity contribution in [3.8, 4) is 40.1 Å². The minimum absolute atomic E-state index is 0.130. The Kier molecular flexibility index (Phi) is 6.25. The van der Waals surface area contributed by atoms with E-state index in [1.807, 2.05) is 6.07 Å². The summed E-state index contributed by atoms with van der Waals surface area (Å²) in [5.41, 5.74) is -0.107. The number of benzene rings is 3. The van der Waals surface area contributed by atoms with E-state index in [0.29, 0.717) is 5.56 Å². The van der Waals surface area contributed by atoms with Gasteiger partial charge in [0.2, 0.25) is 11.2 Å². The molecule has 0 amide bonds. The predicted molar refractivity (Wildman–Crippen MR) is 119 cm³/mol. The van der Waals surface area contributed by atoms with Crippen molar-refractivity contribution >= 4 is 22.5 Å². The van der Waals surface area contributed by atoms with Crippen molar-refractivity contribution in [2.24, 2.45) is 0 Å².